The minimum Gasteiger partial charge on any atom is -0.347 e. The second-order valence-electron chi connectivity index (χ2n) is 5.79. The average Bonchev–Trinajstić information content (AvgIpc) is 3.16. The Kier molecular flexibility index (Phi) is 3.37. The van der Waals surface area contributed by atoms with Crippen LogP contribution in [0.2, 0.25) is 0 Å². The van der Waals surface area contributed by atoms with Gasteiger partial charge in [-0.05, 0) is 34.4 Å². The lowest BCUT2D eigenvalue weighted by Gasteiger charge is -2.37. The molecule has 1 aromatic carbocycles. The Morgan fingerprint density at radius 1 is 1.05 bits per heavy atom. The van der Waals surface area contributed by atoms with Gasteiger partial charge in [-0.2, -0.15) is 0 Å². The normalized spacial score (nSPS) is 22.3. The number of piperidine rings is 1. The van der Waals surface area contributed by atoms with Crippen LogP contribution in [0.25, 0.3) is 11.0 Å². The van der Waals surface area contributed by atoms with Gasteiger partial charge in [0.2, 0.25) is 0 Å². The highest BCUT2D eigenvalue weighted by molar-refractivity contribution is 5.73. The maximum absolute atomic E-state index is 5.76. The quantitative estimate of drug-likeness (QED) is 0.855. The van der Waals surface area contributed by atoms with E-state index in [9.17, 15) is 0 Å². The number of aromatic nitrogens is 2. The van der Waals surface area contributed by atoms with Gasteiger partial charge in [-0.25, -0.2) is 4.63 Å². The van der Waals surface area contributed by atoms with E-state index in [1.165, 1.54) is 5.56 Å². The molecule has 0 atom stereocenters. The Labute approximate surface area is 123 Å². The second-order valence-corrected chi connectivity index (χ2v) is 5.79. The van der Waals surface area contributed by atoms with E-state index >= 15 is 0 Å². The number of hydrogen-bond acceptors (Lipinski definition) is 6. The number of likely N-dealkylation sites (tertiary alicyclic amines) is 1. The molecule has 1 aromatic heterocycles. The lowest BCUT2D eigenvalue weighted by Crippen LogP contribution is -2.45. The summed E-state index contributed by atoms with van der Waals surface area (Å²) in [6.07, 6.45) is 2.95. The second kappa shape index (κ2) is 5.36. The number of hydrogen-bond donors (Lipinski definition) is 0. The summed E-state index contributed by atoms with van der Waals surface area (Å²) in [5.41, 5.74) is 2.92. The van der Waals surface area contributed by atoms with Crippen molar-refractivity contribution in [3.8, 4) is 0 Å². The number of fused-ring (bicyclic) bond motifs is 1. The molecule has 1 spiro atoms. The molecule has 2 aliphatic heterocycles. The molecular formula is C15H19N3O3. The minimum atomic E-state index is -0.276. The van der Waals surface area contributed by atoms with Crippen LogP contribution in [0.4, 0.5) is 0 Å². The van der Waals surface area contributed by atoms with Crippen LogP contribution in [0.15, 0.2) is 22.8 Å². The van der Waals surface area contributed by atoms with Crippen molar-refractivity contribution in [3.63, 3.8) is 0 Å². The Balaban J connectivity index is 1.32. The molecule has 6 heteroatoms. The first kappa shape index (κ1) is 13.2. The van der Waals surface area contributed by atoms with Crippen molar-refractivity contribution in [2.75, 3.05) is 32.8 Å². The van der Waals surface area contributed by atoms with Crippen LogP contribution in [0.1, 0.15) is 18.4 Å². The highest BCUT2D eigenvalue weighted by Gasteiger charge is 2.39. The van der Waals surface area contributed by atoms with Gasteiger partial charge in [0.25, 0.3) is 0 Å². The number of rotatable bonds is 3. The van der Waals surface area contributed by atoms with Gasteiger partial charge in [-0.15, -0.1) is 0 Å². The zero-order chi connectivity index (χ0) is 14.1. The van der Waals surface area contributed by atoms with Crippen LogP contribution in [-0.2, 0) is 15.9 Å². The first-order valence-electron chi connectivity index (χ1n) is 7.55. The minimum absolute atomic E-state index is 0.276. The van der Waals surface area contributed by atoms with Crippen LogP contribution >= 0.6 is 0 Å². The van der Waals surface area contributed by atoms with Gasteiger partial charge in [0.15, 0.2) is 5.79 Å². The van der Waals surface area contributed by atoms with Crippen molar-refractivity contribution in [3.05, 3.63) is 23.8 Å². The first-order chi connectivity index (χ1) is 10.3. The summed E-state index contributed by atoms with van der Waals surface area (Å²) in [6, 6.07) is 6.12. The molecular weight excluding hydrogens is 270 g/mol. The van der Waals surface area contributed by atoms with E-state index in [1.807, 2.05) is 6.07 Å². The van der Waals surface area contributed by atoms with Crippen LogP contribution in [0.5, 0.6) is 0 Å². The summed E-state index contributed by atoms with van der Waals surface area (Å²) >= 11 is 0. The Hall–Kier alpha value is -1.50. The fourth-order valence-corrected chi connectivity index (χ4v) is 3.17. The molecule has 2 fully saturated rings. The molecule has 112 valence electrons. The lowest BCUT2D eigenvalue weighted by molar-refractivity contribution is -0.185. The molecule has 0 N–H and O–H groups in total. The Bertz CT molecular complexity index is 611. The zero-order valence-electron chi connectivity index (χ0n) is 12.0. The summed E-state index contributed by atoms with van der Waals surface area (Å²) in [6.45, 7) is 4.60. The molecule has 0 bridgehead atoms. The summed E-state index contributed by atoms with van der Waals surface area (Å²) < 4.78 is 16.2. The maximum atomic E-state index is 5.76. The zero-order valence-corrected chi connectivity index (χ0v) is 12.0. The molecule has 2 saturated heterocycles. The van der Waals surface area contributed by atoms with Crippen molar-refractivity contribution in [2.24, 2.45) is 0 Å². The predicted molar refractivity (Wildman–Crippen MR) is 75.8 cm³/mol. The summed E-state index contributed by atoms with van der Waals surface area (Å²) in [7, 11) is 0. The molecule has 4 rings (SSSR count). The van der Waals surface area contributed by atoms with Crippen molar-refractivity contribution in [2.45, 2.75) is 25.0 Å². The molecule has 2 aliphatic rings. The van der Waals surface area contributed by atoms with E-state index in [4.69, 9.17) is 14.1 Å². The van der Waals surface area contributed by atoms with Gasteiger partial charge in [-0.3, -0.25) is 0 Å². The molecule has 0 aliphatic carbocycles. The van der Waals surface area contributed by atoms with Gasteiger partial charge in [-0.1, -0.05) is 6.07 Å². The largest absolute Gasteiger partial charge is 0.347 e. The van der Waals surface area contributed by atoms with E-state index in [1.54, 1.807) is 0 Å². The molecule has 2 aromatic rings. The fraction of sp³-hybridized carbons (Fsp3) is 0.600. The van der Waals surface area contributed by atoms with E-state index in [0.717, 1.165) is 63.1 Å². The van der Waals surface area contributed by atoms with Crippen LogP contribution < -0.4 is 0 Å². The monoisotopic (exact) mass is 289 g/mol. The topological polar surface area (TPSA) is 60.6 Å². The third kappa shape index (κ3) is 2.66. The lowest BCUT2D eigenvalue weighted by atomic mass is 10.0. The number of ether oxygens (including phenoxy) is 2. The first-order valence-corrected chi connectivity index (χ1v) is 7.55. The Morgan fingerprint density at radius 3 is 2.62 bits per heavy atom. The molecule has 0 unspecified atom stereocenters. The van der Waals surface area contributed by atoms with Crippen LogP contribution in [0, 0.1) is 0 Å². The molecule has 3 heterocycles. The van der Waals surface area contributed by atoms with Crippen LogP contribution in [-0.4, -0.2) is 53.8 Å². The van der Waals surface area contributed by atoms with Gasteiger partial charge in [0.1, 0.15) is 11.0 Å². The molecule has 6 nitrogen and oxygen atoms in total. The van der Waals surface area contributed by atoms with E-state index in [-0.39, 0.29) is 5.79 Å². The van der Waals surface area contributed by atoms with Crippen molar-refractivity contribution < 1.29 is 14.1 Å². The number of nitrogens with zero attached hydrogens (tertiary/aromatic N) is 3. The van der Waals surface area contributed by atoms with Crippen molar-refractivity contribution in [1.29, 1.82) is 0 Å². The van der Waals surface area contributed by atoms with Gasteiger partial charge >= 0.3 is 0 Å². The van der Waals surface area contributed by atoms with E-state index in [2.05, 4.69) is 27.3 Å². The molecule has 0 amide bonds. The average molecular weight is 289 g/mol. The molecule has 0 radical (unpaired) electrons. The summed E-state index contributed by atoms with van der Waals surface area (Å²) in [5.74, 6) is -0.276. The predicted octanol–water partition coefficient (Wildman–Crippen LogP) is 1.60. The van der Waals surface area contributed by atoms with Gasteiger partial charge in [0, 0.05) is 32.5 Å². The van der Waals surface area contributed by atoms with Gasteiger partial charge < -0.3 is 14.4 Å². The van der Waals surface area contributed by atoms with E-state index < -0.39 is 0 Å². The standard InChI is InChI=1S/C15H19N3O3/c1-2-13-14(17-21-16-13)11-12(1)3-6-18-7-4-15(5-8-18)19-9-10-20-15/h1-2,11H,3-10H2. The van der Waals surface area contributed by atoms with Gasteiger partial charge in [0.05, 0.1) is 13.2 Å². The summed E-state index contributed by atoms with van der Waals surface area (Å²) in [5, 5.41) is 7.72. The number of benzene rings is 1. The smallest absolute Gasteiger partial charge is 0.170 e. The highest BCUT2D eigenvalue weighted by atomic mass is 16.7. The van der Waals surface area contributed by atoms with E-state index in [0.29, 0.717) is 0 Å². The molecule has 21 heavy (non-hydrogen) atoms. The third-order valence-corrected chi connectivity index (χ3v) is 4.47. The molecule has 0 saturated carbocycles. The highest BCUT2D eigenvalue weighted by Crippen LogP contribution is 2.31. The third-order valence-electron chi connectivity index (χ3n) is 4.47. The van der Waals surface area contributed by atoms with Crippen LogP contribution in [0.3, 0.4) is 0 Å². The Morgan fingerprint density at radius 2 is 1.81 bits per heavy atom. The van der Waals surface area contributed by atoms with Crippen molar-refractivity contribution in [1.82, 2.24) is 15.2 Å². The maximum Gasteiger partial charge on any atom is 0.170 e. The fourth-order valence-electron chi connectivity index (χ4n) is 3.17. The summed E-state index contributed by atoms with van der Waals surface area (Å²) in [4.78, 5) is 2.47. The SMILES string of the molecule is c1cc2nonc2cc1CCN1CCC2(CC1)OCCO2. The van der Waals surface area contributed by atoms with Crippen molar-refractivity contribution >= 4 is 11.0 Å².